The van der Waals surface area contributed by atoms with Gasteiger partial charge in [-0.2, -0.15) is 0 Å². The molecule has 1 atom stereocenters. The summed E-state index contributed by atoms with van der Waals surface area (Å²) in [6, 6.07) is 8.89. The van der Waals surface area contributed by atoms with Crippen LogP contribution in [0.15, 0.2) is 35.3 Å². The van der Waals surface area contributed by atoms with Crippen LogP contribution in [0, 0.1) is 0 Å². The van der Waals surface area contributed by atoms with Crippen molar-refractivity contribution in [3.63, 3.8) is 0 Å². The third-order valence-electron chi connectivity index (χ3n) is 4.81. The molecule has 2 amide bonds. The van der Waals surface area contributed by atoms with Crippen LogP contribution < -0.4 is 22.1 Å². The summed E-state index contributed by atoms with van der Waals surface area (Å²) in [6.45, 7) is 5.53. The van der Waals surface area contributed by atoms with Gasteiger partial charge in [0.15, 0.2) is 12.2 Å². The van der Waals surface area contributed by atoms with Crippen LogP contribution in [0.5, 0.6) is 0 Å². The fourth-order valence-electron chi connectivity index (χ4n) is 2.95. The summed E-state index contributed by atoms with van der Waals surface area (Å²) in [6.07, 6.45) is 3.64. The van der Waals surface area contributed by atoms with Crippen molar-refractivity contribution in [2.24, 2.45) is 16.5 Å². The van der Waals surface area contributed by atoms with Crippen LogP contribution in [0.3, 0.4) is 0 Å². The molecule has 1 rings (SSSR count). The van der Waals surface area contributed by atoms with Crippen LogP contribution in [0.25, 0.3) is 0 Å². The second-order valence-corrected chi connectivity index (χ2v) is 7.86. The average molecular weight is 480 g/mol. The van der Waals surface area contributed by atoms with Gasteiger partial charge in [-0.05, 0) is 31.2 Å². The maximum Gasteiger partial charge on any atom is 0.407 e. The first-order valence-corrected chi connectivity index (χ1v) is 12.0. The van der Waals surface area contributed by atoms with Crippen molar-refractivity contribution in [2.45, 2.75) is 71.3 Å². The molecular weight excluding hydrogens is 438 g/mol. The number of hydrogen-bond donors (Lipinski definition) is 4. The van der Waals surface area contributed by atoms with E-state index >= 15 is 0 Å². The summed E-state index contributed by atoms with van der Waals surface area (Å²) >= 11 is 0. The second-order valence-electron chi connectivity index (χ2n) is 7.86. The predicted octanol–water partition coefficient (Wildman–Crippen LogP) is 2.41. The first-order chi connectivity index (χ1) is 16.5. The summed E-state index contributed by atoms with van der Waals surface area (Å²) in [5.41, 5.74) is 11.7. The largest absolute Gasteiger partial charge is 0.445 e. The van der Waals surface area contributed by atoms with E-state index in [-0.39, 0.29) is 25.0 Å². The SMILES string of the molecule is CCCCOC(OCCCC)[C@@H](CCCN=C(N)N)NC(=O)CNC(=O)OCc1ccccc1. The van der Waals surface area contributed by atoms with Crippen LogP contribution in [-0.4, -0.2) is 56.6 Å². The van der Waals surface area contributed by atoms with E-state index in [9.17, 15) is 9.59 Å². The van der Waals surface area contributed by atoms with Gasteiger partial charge < -0.3 is 36.3 Å². The molecule has 1 aromatic rings. The zero-order valence-electron chi connectivity index (χ0n) is 20.5. The molecule has 0 aliphatic heterocycles. The van der Waals surface area contributed by atoms with Crippen molar-refractivity contribution in [1.82, 2.24) is 10.6 Å². The molecule has 0 bridgehead atoms. The summed E-state index contributed by atoms with van der Waals surface area (Å²) in [5.74, 6) is -0.347. The number of nitrogens with two attached hydrogens (primary N) is 2. The molecule has 10 nitrogen and oxygen atoms in total. The van der Waals surface area contributed by atoms with Gasteiger partial charge in [-0.15, -0.1) is 0 Å². The van der Waals surface area contributed by atoms with Crippen molar-refractivity contribution >= 4 is 18.0 Å². The van der Waals surface area contributed by atoms with Gasteiger partial charge in [-0.1, -0.05) is 57.0 Å². The smallest absolute Gasteiger partial charge is 0.407 e. The van der Waals surface area contributed by atoms with Crippen molar-refractivity contribution in [3.05, 3.63) is 35.9 Å². The first-order valence-electron chi connectivity index (χ1n) is 12.0. The number of nitrogens with zero attached hydrogens (tertiary/aromatic N) is 1. The fraction of sp³-hybridized carbons (Fsp3) is 0.625. The Kier molecular flexibility index (Phi) is 15.9. The highest BCUT2D eigenvalue weighted by molar-refractivity contribution is 5.82. The molecule has 10 heteroatoms. The maximum absolute atomic E-state index is 12.6. The lowest BCUT2D eigenvalue weighted by molar-refractivity contribution is -0.165. The number of amides is 2. The van der Waals surface area contributed by atoms with E-state index < -0.39 is 18.4 Å². The van der Waals surface area contributed by atoms with Crippen molar-refractivity contribution in [3.8, 4) is 0 Å². The number of hydrogen-bond acceptors (Lipinski definition) is 6. The number of carbonyl (C=O) groups excluding carboxylic acids is 2. The number of unbranched alkanes of at least 4 members (excludes halogenated alkanes) is 2. The Hall–Kier alpha value is -2.85. The minimum absolute atomic E-state index is 0.0220. The fourth-order valence-corrected chi connectivity index (χ4v) is 2.95. The van der Waals surface area contributed by atoms with E-state index in [0.29, 0.717) is 32.6 Å². The zero-order chi connectivity index (χ0) is 25.0. The summed E-state index contributed by atoms with van der Waals surface area (Å²) in [4.78, 5) is 28.5. The Morgan fingerprint density at radius 1 is 1.00 bits per heavy atom. The quantitative estimate of drug-likeness (QED) is 0.109. The van der Waals surface area contributed by atoms with Crippen LogP contribution >= 0.6 is 0 Å². The number of nitrogens with one attached hydrogen (secondary N) is 2. The average Bonchev–Trinajstić information content (AvgIpc) is 2.83. The van der Waals surface area contributed by atoms with Crippen LogP contribution in [0.2, 0.25) is 0 Å². The van der Waals surface area contributed by atoms with Gasteiger partial charge in [-0.3, -0.25) is 9.79 Å². The van der Waals surface area contributed by atoms with E-state index in [4.69, 9.17) is 25.7 Å². The predicted molar refractivity (Wildman–Crippen MR) is 132 cm³/mol. The minimum atomic E-state index is -0.668. The lowest BCUT2D eigenvalue weighted by atomic mass is 10.1. The Bertz CT molecular complexity index is 703. The lowest BCUT2D eigenvalue weighted by Crippen LogP contribution is -2.49. The third-order valence-corrected chi connectivity index (χ3v) is 4.81. The molecule has 0 fully saturated rings. The summed E-state index contributed by atoms with van der Waals surface area (Å²) in [5, 5.41) is 5.39. The summed E-state index contributed by atoms with van der Waals surface area (Å²) < 4.78 is 17.0. The maximum atomic E-state index is 12.6. The van der Waals surface area contributed by atoms with Crippen molar-refractivity contribution in [1.29, 1.82) is 0 Å². The standard InChI is InChI=1S/C24H41N5O5/c1-3-5-15-32-22(33-16-6-4-2)20(13-10-14-27-23(25)26)29-21(30)17-28-24(31)34-18-19-11-8-7-9-12-19/h7-9,11-12,20,22H,3-6,10,13-18H2,1-2H3,(H,28,31)(H,29,30)(H4,25,26,27)/t20-/m1/s1. The molecule has 1 aromatic carbocycles. The number of carbonyl (C=O) groups is 2. The first kappa shape index (κ1) is 29.2. The number of aliphatic imine (C=N–C) groups is 1. The van der Waals surface area contributed by atoms with Crippen molar-refractivity contribution < 1.29 is 23.8 Å². The number of ether oxygens (including phenoxy) is 3. The Labute approximate surface area is 202 Å². The van der Waals surface area contributed by atoms with Crippen molar-refractivity contribution in [2.75, 3.05) is 26.3 Å². The zero-order valence-corrected chi connectivity index (χ0v) is 20.5. The molecule has 0 aliphatic rings. The highest BCUT2D eigenvalue weighted by Gasteiger charge is 2.25. The number of alkyl carbamates (subject to hydrolysis) is 1. The monoisotopic (exact) mass is 479 g/mol. The normalized spacial score (nSPS) is 11.6. The molecule has 0 spiro atoms. The molecule has 6 N–H and O–H groups in total. The summed E-state index contributed by atoms with van der Waals surface area (Å²) in [7, 11) is 0. The van der Waals surface area contributed by atoms with E-state index in [1.807, 2.05) is 30.3 Å². The van der Waals surface area contributed by atoms with Crippen LogP contribution in [0.4, 0.5) is 4.79 Å². The molecule has 34 heavy (non-hydrogen) atoms. The Morgan fingerprint density at radius 3 is 2.24 bits per heavy atom. The number of guanidine groups is 1. The van der Waals surface area contributed by atoms with E-state index in [1.165, 1.54) is 0 Å². The Balaban J connectivity index is 2.63. The van der Waals surface area contributed by atoms with Gasteiger partial charge >= 0.3 is 6.09 Å². The van der Waals surface area contributed by atoms with Gasteiger partial charge in [0.1, 0.15) is 13.2 Å². The van der Waals surface area contributed by atoms with Gasteiger partial charge in [0.2, 0.25) is 5.91 Å². The molecule has 0 aliphatic carbocycles. The van der Waals surface area contributed by atoms with E-state index in [0.717, 1.165) is 31.2 Å². The molecule has 0 radical (unpaired) electrons. The third kappa shape index (κ3) is 14.3. The highest BCUT2D eigenvalue weighted by Crippen LogP contribution is 2.11. The molecule has 0 saturated heterocycles. The highest BCUT2D eigenvalue weighted by atomic mass is 16.7. The Morgan fingerprint density at radius 2 is 1.65 bits per heavy atom. The molecular formula is C24H41N5O5. The molecule has 192 valence electrons. The topological polar surface area (TPSA) is 150 Å². The van der Waals surface area contributed by atoms with Crippen LogP contribution in [0.1, 0.15) is 57.9 Å². The molecule has 0 heterocycles. The number of rotatable bonds is 18. The van der Waals surface area contributed by atoms with Gasteiger partial charge in [0, 0.05) is 19.8 Å². The molecule has 0 aromatic heterocycles. The minimum Gasteiger partial charge on any atom is -0.445 e. The van der Waals surface area contributed by atoms with Crippen LogP contribution in [-0.2, 0) is 25.6 Å². The van der Waals surface area contributed by atoms with Gasteiger partial charge in [-0.25, -0.2) is 4.79 Å². The van der Waals surface area contributed by atoms with Gasteiger partial charge in [0.25, 0.3) is 0 Å². The molecule has 0 unspecified atom stereocenters. The van der Waals surface area contributed by atoms with E-state index in [1.54, 1.807) is 0 Å². The van der Waals surface area contributed by atoms with Gasteiger partial charge in [0.05, 0.1) is 6.04 Å². The number of benzene rings is 1. The second kappa shape index (κ2) is 18.6. The van der Waals surface area contributed by atoms with E-state index in [2.05, 4.69) is 29.5 Å². The lowest BCUT2D eigenvalue weighted by Gasteiger charge is -2.28. The molecule has 0 saturated carbocycles.